The molecule has 2 heteroatoms. The standard InChI is InChI=1S/C20H26N2/c1-3-7-18(8-4-1)11-14-21-20-12-15-22(16-13-20)17-19-9-5-2-6-10-19/h1-10,20-21H,11-17H2. The van der Waals surface area contributed by atoms with E-state index in [1.807, 2.05) is 0 Å². The Morgan fingerprint density at radius 3 is 2.05 bits per heavy atom. The molecule has 1 heterocycles. The van der Waals surface area contributed by atoms with Gasteiger partial charge in [0, 0.05) is 12.6 Å². The lowest BCUT2D eigenvalue weighted by molar-refractivity contribution is 0.191. The smallest absolute Gasteiger partial charge is 0.0233 e. The van der Waals surface area contributed by atoms with Crippen LogP contribution in [0.25, 0.3) is 0 Å². The van der Waals surface area contributed by atoms with E-state index in [-0.39, 0.29) is 0 Å². The summed E-state index contributed by atoms with van der Waals surface area (Å²) in [4.78, 5) is 2.57. The van der Waals surface area contributed by atoms with Gasteiger partial charge in [0.2, 0.25) is 0 Å². The second-order valence-corrected chi connectivity index (χ2v) is 6.23. The third kappa shape index (κ3) is 4.69. The van der Waals surface area contributed by atoms with Crippen molar-refractivity contribution < 1.29 is 0 Å². The highest BCUT2D eigenvalue weighted by Crippen LogP contribution is 2.13. The van der Waals surface area contributed by atoms with Crippen molar-refractivity contribution in [3.63, 3.8) is 0 Å². The first-order valence-electron chi connectivity index (χ1n) is 8.44. The van der Waals surface area contributed by atoms with E-state index >= 15 is 0 Å². The van der Waals surface area contributed by atoms with Gasteiger partial charge in [-0.05, 0) is 50.0 Å². The normalized spacial score (nSPS) is 16.7. The van der Waals surface area contributed by atoms with Crippen LogP contribution in [0.1, 0.15) is 24.0 Å². The van der Waals surface area contributed by atoms with Crippen LogP contribution < -0.4 is 5.32 Å². The SMILES string of the molecule is c1ccc(CCNC2CCN(Cc3ccccc3)CC2)cc1. The molecule has 116 valence electrons. The summed E-state index contributed by atoms with van der Waals surface area (Å²) in [7, 11) is 0. The zero-order valence-electron chi connectivity index (χ0n) is 13.2. The van der Waals surface area contributed by atoms with Crippen molar-refractivity contribution >= 4 is 0 Å². The lowest BCUT2D eigenvalue weighted by atomic mass is 10.0. The van der Waals surface area contributed by atoms with Crippen molar-refractivity contribution in [1.82, 2.24) is 10.2 Å². The Bertz CT molecular complexity index is 530. The molecule has 0 spiro atoms. The highest BCUT2D eigenvalue weighted by molar-refractivity contribution is 5.15. The third-order valence-electron chi connectivity index (χ3n) is 4.53. The van der Waals surface area contributed by atoms with E-state index < -0.39 is 0 Å². The van der Waals surface area contributed by atoms with Crippen molar-refractivity contribution in [3.05, 3.63) is 71.8 Å². The molecule has 3 rings (SSSR count). The van der Waals surface area contributed by atoms with E-state index in [1.54, 1.807) is 0 Å². The predicted molar refractivity (Wildman–Crippen MR) is 92.9 cm³/mol. The fourth-order valence-corrected chi connectivity index (χ4v) is 3.20. The number of likely N-dealkylation sites (tertiary alicyclic amines) is 1. The molecule has 1 fully saturated rings. The topological polar surface area (TPSA) is 15.3 Å². The van der Waals surface area contributed by atoms with Crippen LogP contribution in [0.3, 0.4) is 0 Å². The summed E-state index contributed by atoms with van der Waals surface area (Å²) in [6.45, 7) is 4.60. The number of rotatable bonds is 6. The molecule has 0 radical (unpaired) electrons. The maximum Gasteiger partial charge on any atom is 0.0233 e. The summed E-state index contributed by atoms with van der Waals surface area (Å²) in [5, 5.41) is 3.73. The fraction of sp³-hybridized carbons (Fsp3) is 0.400. The third-order valence-corrected chi connectivity index (χ3v) is 4.53. The second-order valence-electron chi connectivity index (χ2n) is 6.23. The van der Waals surface area contributed by atoms with Gasteiger partial charge in [-0.25, -0.2) is 0 Å². The highest BCUT2D eigenvalue weighted by Gasteiger charge is 2.18. The Morgan fingerprint density at radius 1 is 0.818 bits per heavy atom. The van der Waals surface area contributed by atoms with Gasteiger partial charge in [-0.3, -0.25) is 4.90 Å². The van der Waals surface area contributed by atoms with Gasteiger partial charge < -0.3 is 5.32 Å². The maximum atomic E-state index is 3.73. The predicted octanol–water partition coefficient (Wildman–Crippen LogP) is 3.48. The summed E-state index contributed by atoms with van der Waals surface area (Å²) in [5.74, 6) is 0. The van der Waals surface area contributed by atoms with E-state index in [9.17, 15) is 0 Å². The van der Waals surface area contributed by atoms with Gasteiger partial charge in [0.05, 0.1) is 0 Å². The van der Waals surface area contributed by atoms with E-state index in [2.05, 4.69) is 70.9 Å². The molecule has 1 saturated heterocycles. The van der Waals surface area contributed by atoms with Crippen molar-refractivity contribution in [2.45, 2.75) is 31.8 Å². The molecular weight excluding hydrogens is 268 g/mol. The molecule has 0 bridgehead atoms. The molecular formula is C20H26N2. The quantitative estimate of drug-likeness (QED) is 0.877. The van der Waals surface area contributed by atoms with E-state index in [0.717, 1.165) is 19.5 Å². The molecule has 0 unspecified atom stereocenters. The maximum absolute atomic E-state index is 3.73. The molecule has 0 saturated carbocycles. The Labute approximate surface area is 134 Å². The second kappa shape index (κ2) is 8.11. The average Bonchev–Trinajstić information content (AvgIpc) is 2.58. The van der Waals surface area contributed by atoms with Crippen LogP contribution in [0, 0.1) is 0 Å². The highest BCUT2D eigenvalue weighted by atomic mass is 15.1. The van der Waals surface area contributed by atoms with Crippen molar-refractivity contribution in [2.75, 3.05) is 19.6 Å². The van der Waals surface area contributed by atoms with Gasteiger partial charge in [0.1, 0.15) is 0 Å². The van der Waals surface area contributed by atoms with Crippen LogP contribution >= 0.6 is 0 Å². The number of hydrogen-bond donors (Lipinski definition) is 1. The Kier molecular flexibility index (Phi) is 5.63. The first kappa shape index (κ1) is 15.3. The van der Waals surface area contributed by atoms with Gasteiger partial charge >= 0.3 is 0 Å². The van der Waals surface area contributed by atoms with Gasteiger partial charge in [-0.15, -0.1) is 0 Å². The molecule has 2 aromatic rings. The van der Waals surface area contributed by atoms with Crippen LogP contribution in [0.5, 0.6) is 0 Å². The Balaban J connectivity index is 1.35. The van der Waals surface area contributed by atoms with Crippen LogP contribution in [0.15, 0.2) is 60.7 Å². The minimum absolute atomic E-state index is 0.690. The van der Waals surface area contributed by atoms with Crippen LogP contribution in [-0.2, 0) is 13.0 Å². The van der Waals surface area contributed by atoms with E-state index in [4.69, 9.17) is 0 Å². The molecule has 22 heavy (non-hydrogen) atoms. The van der Waals surface area contributed by atoms with Crippen LogP contribution in [-0.4, -0.2) is 30.6 Å². The summed E-state index contributed by atoms with van der Waals surface area (Å²) in [6, 6.07) is 22.2. The van der Waals surface area contributed by atoms with E-state index in [0.29, 0.717) is 6.04 Å². The molecule has 1 N–H and O–H groups in total. The molecule has 0 atom stereocenters. The van der Waals surface area contributed by atoms with Gasteiger partial charge in [-0.2, -0.15) is 0 Å². The van der Waals surface area contributed by atoms with Crippen LogP contribution in [0.2, 0.25) is 0 Å². The zero-order valence-corrected chi connectivity index (χ0v) is 13.2. The van der Waals surface area contributed by atoms with Crippen molar-refractivity contribution in [1.29, 1.82) is 0 Å². The van der Waals surface area contributed by atoms with Crippen LogP contribution in [0.4, 0.5) is 0 Å². The Morgan fingerprint density at radius 2 is 1.41 bits per heavy atom. The summed E-state index contributed by atoms with van der Waals surface area (Å²) < 4.78 is 0. The molecule has 0 aromatic heterocycles. The van der Waals surface area contributed by atoms with Crippen molar-refractivity contribution in [2.24, 2.45) is 0 Å². The first-order valence-corrected chi connectivity index (χ1v) is 8.44. The average molecular weight is 294 g/mol. The van der Waals surface area contributed by atoms with Gasteiger partial charge in [-0.1, -0.05) is 60.7 Å². The lowest BCUT2D eigenvalue weighted by Crippen LogP contribution is -2.42. The monoisotopic (exact) mass is 294 g/mol. The number of benzene rings is 2. The van der Waals surface area contributed by atoms with E-state index in [1.165, 1.54) is 37.1 Å². The van der Waals surface area contributed by atoms with Gasteiger partial charge in [0.25, 0.3) is 0 Å². The largest absolute Gasteiger partial charge is 0.314 e. The molecule has 0 aliphatic carbocycles. The molecule has 1 aliphatic rings. The minimum atomic E-state index is 0.690. The number of hydrogen-bond acceptors (Lipinski definition) is 2. The molecule has 2 nitrogen and oxygen atoms in total. The lowest BCUT2D eigenvalue weighted by Gasteiger charge is -2.32. The Hall–Kier alpha value is -1.64. The first-order chi connectivity index (χ1) is 10.9. The molecule has 0 amide bonds. The summed E-state index contributed by atoms with van der Waals surface area (Å²) >= 11 is 0. The molecule has 2 aromatic carbocycles. The van der Waals surface area contributed by atoms with Gasteiger partial charge in [0.15, 0.2) is 0 Å². The summed E-state index contributed by atoms with van der Waals surface area (Å²) in [6.07, 6.45) is 3.66. The number of nitrogens with one attached hydrogen (secondary N) is 1. The summed E-state index contributed by atoms with van der Waals surface area (Å²) in [5.41, 5.74) is 2.86. The molecule has 1 aliphatic heterocycles. The minimum Gasteiger partial charge on any atom is -0.314 e. The zero-order chi connectivity index (χ0) is 15.0. The number of nitrogens with zero attached hydrogens (tertiary/aromatic N) is 1. The number of piperidine rings is 1. The fourth-order valence-electron chi connectivity index (χ4n) is 3.20. The van der Waals surface area contributed by atoms with Crippen molar-refractivity contribution in [3.8, 4) is 0 Å².